The number of pyridine rings is 1. The lowest BCUT2D eigenvalue weighted by molar-refractivity contribution is -0.137. The van der Waals surface area contributed by atoms with Crippen LogP contribution in [0.5, 0.6) is 0 Å². The standard InChI is InChI=1S/C21H25F3N4O3S/c1-25-32(30,31)14-16-8-6-15(7-9-16)12-27-20(29)17-4-3-11-28(13-17)19-18(21(22,23)24)5-2-10-26-19/h2,5-10,17,25H,3-4,11-14H2,1H3,(H,27,29). The first-order chi connectivity index (χ1) is 15.1. The minimum absolute atomic E-state index is 0.137. The number of rotatable bonds is 7. The van der Waals surface area contributed by atoms with Crippen molar-refractivity contribution in [2.45, 2.75) is 31.3 Å². The molecule has 1 atom stereocenters. The zero-order chi connectivity index (χ0) is 23.4. The summed E-state index contributed by atoms with van der Waals surface area (Å²) in [7, 11) is -2.02. The summed E-state index contributed by atoms with van der Waals surface area (Å²) in [4.78, 5) is 18.1. The van der Waals surface area contributed by atoms with Gasteiger partial charge in [0.1, 0.15) is 5.82 Å². The number of halogens is 3. The van der Waals surface area contributed by atoms with Crippen LogP contribution >= 0.6 is 0 Å². The molecule has 0 bridgehead atoms. The lowest BCUT2D eigenvalue weighted by Crippen LogP contribution is -2.43. The highest BCUT2D eigenvalue weighted by molar-refractivity contribution is 7.88. The molecule has 1 aliphatic heterocycles. The van der Waals surface area contributed by atoms with Crippen molar-refractivity contribution in [3.63, 3.8) is 0 Å². The third-order valence-corrected chi connectivity index (χ3v) is 6.68. The molecule has 174 valence electrons. The topological polar surface area (TPSA) is 91.4 Å². The van der Waals surface area contributed by atoms with Crippen molar-refractivity contribution >= 4 is 21.7 Å². The fourth-order valence-corrected chi connectivity index (χ4v) is 4.41. The van der Waals surface area contributed by atoms with Crippen LogP contribution in [-0.2, 0) is 33.3 Å². The second kappa shape index (κ2) is 9.86. The van der Waals surface area contributed by atoms with Gasteiger partial charge in [-0.1, -0.05) is 24.3 Å². The number of carbonyl (C=O) groups excluding carboxylic acids is 1. The van der Waals surface area contributed by atoms with E-state index in [4.69, 9.17) is 0 Å². The van der Waals surface area contributed by atoms with Crippen LogP contribution in [0.4, 0.5) is 19.0 Å². The van der Waals surface area contributed by atoms with E-state index in [0.717, 1.165) is 11.6 Å². The van der Waals surface area contributed by atoms with Crippen LogP contribution in [0.1, 0.15) is 29.5 Å². The van der Waals surface area contributed by atoms with Gasteiger partial charge in [0.25, 0.3) is 0 Å². The summed E-state index contributed by atoms with van der Waals surface area (Å²) >= 11 is 0. The van der Waals surface area contributed by atoms with Crippen LogP contribution in [0.2, 0.25) is 0 Å². The number of aromatic nitrogens is 1. The number of hydrogen-bond donors (Lipinski definition) is 2. The van der Waals surface area contributed by atoms with Crippen LogP contribution in [0.15, 0.2) is 42.6 Å². The van der Waals surface area contributed by atoms with Gasteiger partial charge in [-0.25, -0.2) is 18.1 Å². The van der Waals surface area contributed by atoms with Crippen LogP contribution in [0.3, 0.4) is 0 Å². The van der Waals surface area contributed by atoms with E-state index in [9.17, 15) is 26.4 Å². The first-order valence-corrected chi connectivity index (χ1v) is 11.8. The molecule has 3 rings (SSSR count). The Bertz CT molecular complexity index is 1040. The molecule has 1 amide bonds. The second-order valence-electron chi connectivity index (χ2n) is 7.66. The lowest BCUT2D eigenvalue weighted by Gasteiger charge is -2.34. The molecule has 0 aliphatic carbocycles. The molecule has 1 aromatic heterocycles. The van der Waals surface area contributed by atoms with Gasteiger partial charge in [-0.3, -0.25) is 4.79 Å². The molecule has 1 saturated heterocycles. The molecular formula is C21H25F3N4O3S. The number of sulfonamides is 1. The highest BCUT2D eigenvalue weighted by Crippen LogP contribution is 2.36. The van der Waals surface area contributed by atoms with Crippen molar-refractivity contribution in [3.8, 4) is 0 Å². The molecule has 32 heavy (non-hydrogen) atoms. The quantitative estimate of drug-likeness (QED) is 0.649. The van der Waals surface area contributed by atoms with Gasteiger partial charge in [0.05, 0.1) is 17.2 Å². The van der Waals surface area contributed by atoms with Gasteiger partial charge in [-0.2, -0.15) is 13.2 Å². The van der Waals surface area contributed by atoms with E-state index in [1.54, 1.807) is 24.3 Å². The Morgan fingerprint density at radius 2 is 1.88 bits per heavy atom. The summed E-state index contributed by atoms with van der Waals surface area (Å²) in [6.07, 6.45) is -2.03. The van der Waals surface area contributed by atoms with Gasteiger partial charge in [0, 0.05) is 25.8 Å². The Morgan fingerprint density at radius 1 is 1.19 bits per heavy atom. The van der Waals surface area contributed by atoms with Gasteiger partial charge in [0.15, 0.2) is 0 Å². The van der Waals surface area contributed by atoms with Crippen molar-refractivity contribution < 1.29 is 26.4 Å². The van der Waals surface area contributed by atoms with E-state index in [1.807, 2.05) is 0 Å². The van der Waals surface area contributed by atoms with E-state index < -0.39 is 27.7 Å². The van der Waals surface area contributed by atoms with Crippen molar-refractivity contribution in [3.05, 3.63) is 59.3 Å². The predicted octanol–water partition coefficient (Wildman–Crippen LogP) is 2.68. The highest BCUT2D eigenvalue weighted by atomic mass is 32.2. The van der Waals surface area contributed by atoms with E-state index in [-0.39, 0.29) is 30.6 Å². The zero-order valence-corrected chi connectivity index (χ0v) is 18.3. The largest absolute Gasteiger partial charge is 0.419 e. The number of amides is 1. The Morgan fingerprint density at radius 3 is 2.53 bits per heavy atom. The third kappa shape index (κ3) is 6.19. The van der Waals surface area contributed by atoms with Gasteiger partial charge >= 0.3 is 6.18 Å². The molecule has 0 saturated carbocycles. The van der Waals surface area contributed by atoms with E-state index in [1.165, 1.54) is 24.2 Å². The smallest absolute Gasteiger partial charge is 0.355 e. The molecular weight excluding hydrogens is 445 g/mol. The first kappa shape index (κ1) is 24.0. The normalized spacial score (nSPS) is 17.2. The minimum Gasteiger partial charge on any atom is -0.355 e. The molecule has 1 aliphatic rings. The average Bonchev–Trinajstić information content (AvgIpc) is 2.78. The summed E-state index contributed by atoms with van der Waals surface area (Å²) < 4.78 is 65.4. The third-order valence-electron chi connectivity index (χ3n) is 5.34. The SMILES string of the molecule is CNS(=O)(=O)Cc1ccc(CNC(=O)C2CCCN(c3ncccc3C(F)(F)F)C2)cc1. The predicted molar refractivity (Wildman–Crippen MR) is 114 cm³/mol. The van der Waals surface area contributed by atoms with Crippen molar-refractivity contribution in [1.29, 1.82) is 0 Å². The number of alkyl halides is 3. The maximum Gasteiger partial charge on any atom is 0.419 e. The molecule has 2 N–H and O–H groups in total. The number of nitrogens with one attached hydrogen (secondary N) is 2. The molecule has 7 nitrogen and oxygen atoms in total. The second-order valence-corrected chi connectivity index (χ2v) is 9.58. The van der Waals surface area contributed by atoms with Crippen molar-refractivity contribution in [2.75, 3.05) is 25.0 Å². The molecule has 1 fully saturated rings. The molecule has 0 spiro atoms. The summed E-state index contributed by atoms with van der Waals surface area (Å²) in [5.74, 6) is -0.973. The van der Waals surface area contributed by atoms with E-state index >= 15 is 0 Å². The fourth-order valence-electron chi connectivity index (χ4n) is 3.63. The lowest BCUT2D eigenvalue weighted by atomic mass is 9.96. The number of nitrogens with zero attached hydrogens (tertiary/aromatic N) is 2. The first-order valence-electron chi connectivity index (χ1n) is 10.1. The maximum absolute atomic E-state index is 13.3. The van der Waals surface area contributed by atoms with Gasteiger partial charge in [-0.05, 0) is 43.1 Å². The molecule has 2 aromatic rings. The summed E-state index contributed by atoms with van der Waals surface area (Å²) in [6, 6.07) is 9.07. The summed E-state index contributed by atoms with van der Waals surface area (Å²) in [5, 5.41) is 2.83. The summed E-state index contributed by atoms with van der Waals surface area (Å²) in [5.41, 5.74) is 0.607. The molecule has 1 aromatic carbocycles. The van der Waals surface area contributed by atoms with Crippen LogP contribution < -0.4 is 14.9 Å². The van der Waals surface area contributed by atoms with Crippen LogP contribution in [0.25, 0.3) is 0 Å². The zero-order valence-electron chi connectivity index (χ0n) is 17.5. The molecule has 0 radical (unpaired) electrons. The van der Waals surface area contributed by atoms with Crippen LogP contribution in [-0.4, -0.2) is 39.4 Å². The van der Waals surface area contributed by atoms with E-state index in [0.29, 0.717) is 24.9 Å². The molecule has 1 unspecified atom stereocenters. The average molecular weight is 471 g/mol. The van der Waals surface area contributed by atoms with Crippen LogP contribution in [0, 0.1) is 5.92 Å². The number of anilines is 1. The Hall–Kier alpha value is -2.66. The van der Waals surface area contributed by atoms with Gasteiger partial charge < -0.3 is 10.2 Å². The minimum atomic E-state index is -4.52. The molecule has 11 heteroatoms. The number of benzene rings is 1. The van der Waals surface area contributed by atoms with E-state index in [2.05, 4.69) is 15.0 Å². The Labute approximate surface area is 185 Å². The Kier molecular flexibility index (Phi) is 7.40. The molecule has 2 heterocycles. The Balaban J connectivity index is 1.60. The highest BCUT2D eigenvalue weighted by Gasteiger charge is 2.37. The van der Waals surface area contributed by atoms with Crippen molar-refractivity contribution in [1.82, 2.24) is 15.0 Å². The van der Waals surface area contributed by atoms with Crippen molar-refractivity contribution in [2.24, 2.45) is 5.92 Å². The number of hydrogen-bond acceptors (Lipinski definition) is 5. The fraction of sp³-hybridized carbons (Fsp3) is 0.429. The number of piperidine rings is 1. The number of carbonyl (C=O) groups is 1. The van der Waals surface area contributed by atoms with Gasteiger partial charge in [0.2, 0.25) is 15.9 Å². The summed E-state index contributed by atoms with van der Waals surface area (Å²) in [6.45, 7) is 0.805. The monoisotopic (exact) mass is 470 g/mol. The maximum atomic E-state index is 13.3. The van der Waals surface area contributed by atoms with Gasteiger partial charge in [-0.15, -0.1) is 0 Å².